The first-order valence-corrected chi connectivity index (χ1v) is 5.28. The number of hydrogen-bond acceptors (Lipinski definition) is 6. The molecule has 0 unspecified atom stereocenters. The minimum Gasteiger partial charge on any atom is -0.478 e. The molecule has 0 rings (SSSR count). The largest absolute Gasteiger partial charge is 0.478 e. The summed E-state index contributed by atoms with van der Waals surface area (Å²) in [6, 6.07) is 0. The quantitative estimate of drug-likeness (QED) is 0.334. The number of aliphatic carboxylic acids is 1. The fraction of sp³-hybridized carbons (Fsp3) is 0.571. The lowest BCUT2D eigenvalue weighted by Crippen LogP contribution is -2.07. The van der Waals surface area contributed by atoms with Crippen LogP contribution >= 0.6 is 0 Å². The lowest BCUT2D eigenvalue weighted by molar-refractivity contribution is -0.132. The first kappa shape index (κ1) is 16.5. The normalized spacial score (nSPS) is 12.0. The topological polar surface area (TPSA) is 136 Å². The molecule has 0 saturated heterocycles. The van der Waals surface area contributed by atoms with Crippen molar-refractivity contribution >= 4 is 16.1 Å². The Labute approximate surface area is 88.1 Å². The molecular weight excluding hydrogens is 226 g/mol. The summed E-state index contributed by atoms with van der Waals surface area (Å²) in [7, 11) is -3.95. The predicted octanol–water partition coefficient (Wildman–Crippen LogP) is -0.134. The zero-order chi connectivity index (χ0) is 11.2. The highest BCUT2D eigenvalue weighted by Gasteiger charge is 2.10. The van der Waals surface area contributed by atoms with Crippen molar-refractivity contribution in [3.63, 3.8) is 0 Å². The molecule has 0 aliphatic rings. The van der Waals surface area contributed by atoms with Crippen molar-refractivity contribution in [3.05, 3.63) is 11.0 Å². The Bertz CT molecular complexity index is 320. The van der Waals surface area contributed by atoms with Gasteiger partial charge in [-0.2, -0.15) is 8.42 Å². The highest BCUT2D eigenvalue weighted by Crippen LogP contribution is 2.02. The molecule has 0 fully saturated rings. The monoisotopic (exact) mass is 241 g/mol. The van der Waals surface area contributed by atoms with Gasteiger partial charge in [0.1, 0.15) is 0 Å². The van der Waals surface area contributed by atoms with Gasteiger partial charge in [0.2, 0.25) is 0 Å². The van der Waals surface area contributed by atoms with Gasteiger partial charge in [-0.15, -0.1) is 0 Å². The Kier molecular flexibility index (Phi) is 8.07. The Morgan fingerprint density at radius 2 is 2.00 bits per heavy atom. The Morgan fingerprint density at radius 1 is 1.47 bits per heavy atom. The molecule has 0 amide bonds. The van der Waals surface area contributed by atoms with Gasteiger partial charge in [0, 0.05) is 12.2 Å². The molecule has 5 N–H and O–H groups in total. The van der Waals surface area contributed by atoms with E-state index in [1.807, 2.05) is 0 Å². The van der Waals surface area contributed by atoms with Crippen molar-refractivity contribution in [2.24, 2.45) is 0 Å². The van der Waals surface area contributed by atoms with Crippen molar-refractivity contribution in [3.8, 4) is 0 Å². The number of aliphatic hydroxyl groups excluding tert-OH is 1. The minimum atomic E-state index is -3.95. The molecular formula is C7H15NO6S. The smallest absolute Gasteiger partial charge is 0.332 e. The van der Waals surface area contributed by atoms with Gasteiger partial charge in [-0.3, -0.25) is 4.18 Å². The second-order valence-electron chi connectivity index (χ2n) is 2.50. The van der Waals surface area contributed by atoms with Crippen molar-refractivity contribution in [1.82, 2.24) is 6.15 Å². The van der Waals surface area contributed by atoms with Crippen molar-refractivity contribution in [1.29, 1.82) is 0 Å². The van der Waals surface area contributed by atoms with Gasteiger partial charge >= 0.3 is 5.97 Å². The Hall–Kier alpha value is -0.960. The summed E-state index contributed by atoms with van der Waals surface area (Å²) < 4.78 is 26.3. The summed E-state index contributed by atoms with van der Waals surface area (Å²) in [6.07, 6.45) is 0.180. The van der Waals surface area contributed by atoms with Gasteiger partial charge in [-0.1, -0.05) is 0 Å². The molecule has 0 aromatic heterocycles. The van der Waals surface area contributed by atoms with Crippen LogP contribution in [0.5, 0.6) is 0 Å². The average Bonchev–Trinajstić information content (AvgIpc) is 2.03. The van der Waals surface area contributed by atoms with Gasteiger partial charge in [0.05, 0.1) is 12.0 Å². The van der Waals surface area contributed by atoms with Crippen molar-refractivity contribution in [2.75, 3.05) is 13.2 Å². The van der Waals surface area contributed by atoms with E-state index in [1.165, 1.54) is 0 Å². The molecule has 0 heterocycles. The zero-order valence-corrected chi connectivity index (χ0v) is 9.16. The molecule has 0 spiro atoms. The molecule has 90 valence electrons. The fourth-order valence-corrected chi connectivity index (χ4v) is 1.49. The number of carbonyl (C=O) groups is 1. The number of rotatable bonds is 6. The molecule has 15 heavy (non-hydrogen) atoms. The van der Waals surface area contributed by atoms with E-state index in [4.69, 9.17) is 10.2 Å². The first-order chi connectivity index (χ1) is 6.39. The van der Waals surface area contributed by atoms with Crippen molar-refractivity contribution < 1.29 is 27.6 Å². The van der Waals surface area contributed by atoms with E-state index in [-0.39, 0.29) is 31.4 Å². The van der Waals surface area contributed by atoms with E-state index in [1.54, 1.807) is 0 Å². The average molecular weight is 241 g/mol. The standard InChI is InChI=1S/C7H12O6S.H3N/c1-6(7(9)10)5-14(11,12)13-4-2-3-8;/h5,8H,2-4H2,1H3,(H,9,10);1H3. The highest BCUT2D eigenvalue weighted by molar-refractivity contribution is 7.89. The maximum absolute atomic E-state index is 11.0. The van der Waals surface area contributed by atoms with Crippen LogP contribution in [0.25, 0.3) is 0 Å². The van der Waals surface area contributed by atoms with Gasteiger partial charge in [0.15, 0.2) is 0 Å². The summed E-state index contributed by atoms with van der Waals surface area (Å²) in [4.78, 5) is 10.3. The summed E-state index contributed by atoms with van der Waals surface area (Å²) in [5, 5.41) is 17.3. The van der Waals surface area contributed by atoms with E-state index in [2.05, 4.69) is 4.18 Å². The first-order valence-electron chi connectivity index (χ1n) is 3.81. The molecule has 0 radical (unpaired) electrons. The molecule has 0 bridgehead atoms. The van der Waals surface area contributed by atoms with Crippen LogP contribution in [0, 0.1) is 0 Å². The van der Waals surface area contributed by atoms with Crippen molar-refractivity contribution in [2.45, 2.75) is 13.3 Å². The van der Waals surface area contributed by atoms with Crippen LogP contribution in [0.3, 0.4) is 0 Å². The van der Waals surface area contributed by atoms with Crippen LogP contribution in [0.1, 0.15) is 13.3 Å². The molecule has 7 nitrogen and oxygen atoms in total. The number of hydrogen-bond donors (Lipinski definition) is 3. The van der Waals surface area contributed by atoms with E-state index >= 15 is 0 Å². The maximum atomic E-state index is 11.0. The Morgan fingerprint density at radius 3 is 2.40 bits per heavy atom. The number of carboxylic acid groups (broad SMARTS) is 1. The van der Waals surface area contributed by atoms with Crippen LogP contribution in [0.2, 0.25) is 0 Å². The molecule has 0 aromatic rings. The van der Waals surface area contributed by atoms with Crippen LogP contribution in [-0.2, 0) is 19.1 Å². The molecule has 0 atom stereocenters. The third-order valence-electron chi connectivity index (χ3n) is 1.21. The predicted molar refractivity (Wildman–Crippen MR) is 53.0 cm³/mol. The summed E-state index contributed by atoms with van der Waals surface area (Å²) in [5.74, 6) is -1.32. The second kappa shape index (κ2) is 7.35. The van der Waals surface area contributed by atoms with Crippen LogP contribution in [-0.4, -0.2) is 37.8 Å². The van der Waals surface area contributed by atoms with E-state index in [0.717, 1.165) is 6.92 Å². The number of aliphatic hydroxyl groups is 1. The van der Waals surface area contributed by atoms with Gasteiger partial charge in [0.25, 0.3) is 10.1 Å². The van der Waals surface area contributed by atoms with Gasteiger partial charge in [-0.05, 0) is 13.3 Å². The minimum absolute atomic E-state index is 0. The van der Waals surface area contributed by atoms with Crippen LogP contribution in [0.15, 0.2) is 11.0 Å². The Balaban J connectivity index is 0. The summed E-state index contributed by atoms with van der Waals surface area (Å²) in [5.41, 5.74) is -0.325. The SMILES string of the molecule is CC(=CS(=O)(=O)OCCCO)C(=O)O.N. The maximum Gasteiger partial charge on any atom is 0.332 e. The molecule has 0 aliphatic heterocycles. The molecule has 0 saturated carbocycles. The van der Waals surface area contributed by atoms with Crippen LogP contribution < -0.4 is 6.15 Å². The zero-order valence-electron chi connectivity index (χ0n) is 8.34. The van der Waals surface area contributed by atoms with Crippen LogP contribution in [0.4, 0.5) is 0 Å². The second-order valence-corrected chi connectivity index (χ2v) is 3.95. The fourth-order valence-electron chi connectivity index (χ4n) is 0.541. The van der Waals surface area contributed by atoms with Gasteiger partial charge in [-0.25, -0.2) is 4.79 Å². The lowest BCUT2D eigenvalue weighted by atomic mass is 10.4. The molecule has 0 aliphatic carbocycles. The van der Waals surface area contributed by atoms with Gasteiger partial charge < -0.3 is 16.4 Å². The van der Waals surface area contributed by atoms with E-state index < -0.39 is 16.1 Å². The lowest BCUT2D eigenvalue weighted by Gasteiger charge is -2.00. The molecule has 0 aromatic carbocycles. The highest BCUT2D eigenvalue weighted by atomic mass is 32.2. The molecule has 8 heteroatoms. The number of carboxylic acids is 1. The third kappa shape index (κ3) is 8.06. The third-order valence-corrected chi connectivity index (χ3v) is 2.35. The summed E-state index contributed by atoms with van der Waals surface area (Å²) >= 11 is 0. The van der Waals surface area contributed by atoms with E-state index in [9.17, 15) is 13.2 Å². The summed E-state index contributed by atoms with van der Waals surface area (Å²) in [6.45, 7) is 0.800. The van der Waals surface area contributed by atoms with E-state index in [0.29, 0.717) is 5.41 Å².